The first-order chi connectivity index (χ1) is 14.0. The smallest absolute Gasteiger partial charge is 0.268 e. The number of hydrogen-bond donors (Lipinski definition) is 1. The van der Waals surface area contributed by atoms with E-state index < -0.39 is 5.91 Å². The molecule has 1 N–H and O–H groups in total. The van der Waals surface area contributed by atoms with Crippen LogP contribution in [-0.2, 0) is 4.79 Å². The van der Waals surface area contributed by atoms with Gasteiger partial charge >= 0.3 is 0 Å². The third-order valence-electron chi connectivity index (χ3n) is 4.02. The van der Waals surface area contributed by atoms with Crippen LogP contribution in [0.5, 0.6) is 5.75 Å². The van der Waals surface area contributed by atoms with Crippen molar-refractivity contribution in [1.82, 2.24) is 14.8 Å². The number of ether oxygens (including phenoxy) is 1. The summed E-state index contributed by atoms with van der Waals surface area (Å²) < 4.78 is 7.36. The highest BCUT2D eigenvalue weighted by molar-refractivity contribution is 7.15. The molecule has 7 nitrogen and oxygen atoms in total. The van der Waals surface area contributed by atoms with E-state index in [1.54, 1.807) is 6.08 Å². The van der Waals surface area contributed by atoms with Gasteiger partial charge in [-0.1, -0.05) is 25.2 Å². The van der Waals surface area contributed by atoms with Crippen molar-refractivity contribution in [2.24, 2.45) is 0 Å². The summed E-state index contributed by atoms with van der Waals surface area (Å²) in [4.78, 5) is 12.5. The molecule has 1 amide bonds. The predicted molar refractivity (Wildman–Crippen MR) is 113 cm³/mol. The van der Waals surface area contributed by atoms with Crippen molar-refractivity contribution in [3.05, 3.63) is 58.9 Å². The summed E-state index contributed by atoms with van der Waals surface area (Å²) in [5.74, 6) is 0.496. The largest absolute Gasteiger partial charge is 0.494 e. The molecule has 29 heavy (non-hydrogen) atoms. The predicted octanol–water partition coefficient (Wildman–Crippen LogP) is 4.40. The molecule has 3 aromatic rings. The molecule has 0 unspecified atom stereocenters. The van der Waals surface area contributed by atoms with Crippen molar-refractivity contribution in [2.45, 2.75) is 26.7 Å². The highest BCUT2D eigenvalue weighted by atomic mass is 32.1. The minimum absolute atomic E-state index is 0.0165. The highest BCUT2D eigenvalue weighted by Crippen LogP contribution is 2.23. The van der Waals surface area contributed by atoms with Crippen molar-refractivity contribution in [3.63, 3.8) is 0 Å². The highest BCUT2D eigenvalue weighted by Gasteiger charge is 2.15. The van der Waals surface area contributed by atoms with Crippen LogP contribution >= 0.6 is 11.3 Å². The summed E-state index contributed by atoms with van der Waals surface area (Å²) in [6, 6.07) is 13.3. The van der Waals surface area contributed by atoms with E-state index in [-0.39, 0.29) is 11.5 Å². The van der Waals surface area contributed by atoms with Gasteiger partial charge in [0.2, 0.25) is 5.13 Å². The second-order valence-corrected chi connectivity index (χ2v) is 7.46. The molecule has 0 saturated carbocycles. The van der Waals surface area contributed by atoms with Gasteiger partial charge in [0.05, 0.1) is 6.61 Å². The fraction of sp³-hybridized carbons (Fsp3) is 0.238. The van der Waals surface area contributed by atoms with E-state index in [1.165, 1.54) is 11.3 Å². The molecular weight excluding hydrogens is 386 g/mol. The summed E-state index contributed by atoms with van der Waals surface area (Å²) in [6.07, 6.45) is 3.42. The number of nitrogens with one attached hydrogen (secondary N) is 1. The minimum atomic E-state index is -0.515. The lowest BCUT2D eigenvalue weighted by molar-refractivity contribution is -0.112. The molecule has 2 aromatic heterocycles. The van der Waals surface area contributed by atoms with Crippen LogP contribution in [0.3, 0.4) is 0 Å². The summed E-state index contributed by atoms with van der Waals surface area (Å²) >= 11 is 1.30. The molecule has 0 aliphatic carbocycles. The maximum atomic E-state index is 12.5. The fourth-order valence-corrected chi connectivity index (χ4v) is 3.34. The van der Waals surface area contributed by atoms with Crippen molar-refractivity contribution in [1.29, 1.82) is 5.26 Å². The van der Waals surface area contributed by atoms with E-state index in [2.05, 4.69) is 15.5 Å². The zero-order chi connectivity index (χ0) is 20.8. The topological polar surface area (TPSA) is 92.8 Å². The quantitative estimate of drug-likeness (QED) is 0.463. The van der Waals surface area contributed by atoms with E-state index in [1.807, 2.05) is 74.0 Å². The van der Waals surface area contributed by atoms with Gasteiger partial charge in [-0.2, -0.15) is 5.26 Å². The lowest BCUT2D eigenvalue weighted by Gasteiger charge is -2.09. The van der Waals surface area contributed by atoms with Gasteiger partial charge < -0.3 is 9.30 Å². The monoisotopic (exact) mass is 407 g/mol. The van der Waals surface area contributed by atoms with Crippen LogP contribution < -0.4 is 10.1 Å². The Bertz CT molecular complexity index is 1060. The molecule has 1 aromatic carbocycles. The van der Waals surface area contributed by atoms with E-state index >= 15 is 0 Å². The van der Waals surface area contributed by atoms with Crippen LogP contribution in [0.1, 0.15) is 37.4 Å². The second kappa shape index (κ2) is 9.17. The minimum Gasteiger partial charge on any atom is -0.494 e. The molecule has 2 heterocycles. The van der Waals surface area contributed by atoms with Crippen LogP contribution in [0, 0.1) is 11.3 Å². The Morgan fingerprint density at radius 2 is 2.07 bits per heavy atom. The van der Waals surface area contributed by atoms with E-state index in [4.69, 9.17) is 4.74 Å². The summed E-state index contributed by atoms with van der Waals surface area (Å²) in [5.41, 5.74) is 1.59. The lowest BCUT2D eigenvalue weighted by Crippen LogP contribution is -2.13. The number of carbonyl (C=O) groups is 1. The van der Waals surface area contributed by atoms with Crippen molar-refractivity contribution >= 4 is 28.5 Å². The Kier molecular flexibility index (Phi) is 6.42. The number of nitriles is 1. The van der Waals surface area contributed by atoms with Crippen LogP contribution in [0.25, 0.3) is 11.8 Å². The van der Waals surface area contributed by atoms with Crippen molar-refractivity contribution in [3.8, 4) is 17.5 Å². The Morgan fingerprint density at radius 3 is 2.69 bits per heavy atom. The van der Waals surface area contributed by atoms with Gasteiger partial charge in [-0.05, 0) is 49.4 Å². The zero-order valence-electron chi connectivity index (χ0n) is 16.4. The first kappa shape index (κ1) is 20.3. The average molecular weight is 407 g/mol. The Hall–Kier alpha value is -3.44. The maximum Gasteiger partial charge on any atom is 0.268 e. The summed E-state index contributed by atoms with van der Waals surface area (Å²) in [7, 11) is 0. The van der Waals surface area contributed by atoms with Gasteiger partial charge in [0.15, 0.2) is 0 Å². The fourth-order valence-electron chi connectivity index (χ4n) is 2.60. The second-order valence-electron chi connectivity index (χ2n) is 6.45. The molecule has 0 atom stereocenters. The number of anilines is 1. The van der Waals surface area contributed by atoms with Gasteiger partial charge in [-0.25, -0.2) is 0 Å². The van der Waals surface area contributed by atoms with Crippen LogP contribution in [0.2, 0.25) is 0 Å². The van der Waals surface area contributed by atoms with Crippen LogP contribution in [0.4, 0.5) is 5.13 Å². The molecular formula is C21H21N5O2S. The maximum absolute atomic E-state index is 12.5. The van der Waals surface area contributed by atoms with Crippen molar-refractivity contribution < 1.29 is 9.53 Å². The average Bonchev–Trinajstić information content (AvgIpc) is 3.36. The zero-order valence-corrected chi connectivity index (χ0v) is 17.2. The van der Waals surface area contributed by atoms with E-state index in [0.717, 1.165) is 16.4 Å². The molecule has 0 fully saturated rings. The molecule has 0 saturated heterocycles. The van der Waals surface area contributed by atoms with Gasteiger partial charge in [0, 0.05) is 23.5 Å². The number of amides is 1. The number of aromatic nitrogens is 3. The van der Waals surface area contributed by atoms with Gasteiger partial charge in [0.1, 0.15) is 22.4 Å². The molecule has 0 spiro atoms. The summed E-state index contributed by atoms with van der Waals surface area (Å²) in [6.45, 7) is 6.54. The number of carbonyl (C=O) groups excluding carboxylic acids is 1. The third kappa shape index (κ3) is 4.89. The first-order valence-corrected chi connectivity index (χ1v) is 10.0. The molecule has 8 heteroatoms. The number of hydrogen-bond acceptors (Lipinski definition) is 6. The van der Waals surface area contributed by atoms with E-state index in [0.29, 0.717) is 17.4 Å². The molecule has 0 aliphatic rings. The van der Waals surface area contributed by atoms with Crippen LogP contribution in [-0.4, -0.2) is 27.3 Å². The first-order valence-electron chi connectivity index (χ1n) is 9.19. The molecule has 3 rings (SSSR count). The van der Waals surface area contributed by atoms with Crippen molar-refractivity contribution in [2.75, 3.05) is 11.9 Å². The third-order valence-corrected chi connectivity index (χ3v) is 5.16. The Morgan fingerprint density at radius 1 is 1.31 bits per heavy atom. The van der Waals surface area contributed by atoms with Gasteiger partial charge in [0.25, 0.3) is 5.91 Å². The Labute approximate surface area is 173 Å². The molecule has 0 bridgehead atoms. The standard InChI is InChI=1S/C21H21N5O2S/c1-4-28-18-9-7-16(8-10-18)26-11-5-6-17(26)12-15(13-22)19(27)23-21-25-24-20(29-21)14(2)3/h5-12,14H,4H2,1-3H3,(H,23,25,27). The van der Waals surface area contributed by atoms with E-state index in [9.17, 15) is 10.1 Å². The molecule has 148 valence electrons. The Balaban J connectivity index is 1.81. The lowest BCUT2D eigenvalue weighted by atomic mass is 10.2. The number of rotatable bonds is 7. The van der Waals surface area contributed by atoms with Crippen LogP contribution in [0.15, 0.2) is 48.2 Å². The van der Waals surface area contributed by atoms with Gasteiger partial charge in [-0.15, -0.1) is 10.2 Å². The SMILES string of the molecule is CCOc1ccc(-n2cccc2C=C(C#N)C(=O)Nc2nnc(C(C)C)s2)cc1. The molecule has 0 radical (unpaired) electrons. The number of benzene rings is 1. The molecule has 0 aliphatic heterocycles. The normalized spacial score (nSPS) is 11.3. The van der Waals surface area contributed by atoms with Gasteiger partial charge in [-0.3, -0.25) is 10.1 Å². The summed E-state index contributed by atoms with van der Waals surface area (Å²) in [5, 5.41) is 21.3. The number of nitrogens with zero attached hydrogens (tertiary/aromatic N) is 4.